The smallest absolute Gasteiger partial charge is 0.0801 e. The van der Waals surface area contributed by atoms with Gasteiger partial charge in [0.05, 0.1) is 17.9 Å². The van der Waals surface area contributed by atoms with Crippen molar-refractivity contribution >= 4 is 38.5 Å². The minimum Gasteiger partial charge on any atom is -0.305 e. The molecule has 0 saturated heterocycles. The lowest BCUT2D eigenvalue weighted by molar-refractivity contribution is 0.582. The van der Waals surface area contributed by atoms with Gasteiger partial charge in [0.25, 0.3) is 0 Å². The van der Waals surface area contributed by atoms with Crippen LogP contribution in [0.1, 0.15) is 30.6 Å². The van der Waals surface area contributed by atoms with E-state index in [2.05, 4.69) is 78.9 Å². The molecular weight excluding hydrogens is 417 g/mol. The van der Waals surface area contributed by atoms with Gasteiger partial charge in [0.2, 0.25) is 0 Å². The lowest BCUT2D eigenvalue weighted by Gasteiger charge is -2.19. The van der Waals surface area contributed by atoms with E-state index in [-0.39, 0.29) is 6.04 Å². The van der Waals surface area contributed by atoms with Gasteiger partial charge in [-0.05, 0) is 59.3 Å². The van der Waals surface area contributed by atoms with E-state index in [1.54, 1.807) is 12.4 Å². The van der Waals surface area contributed by atoms with E-state index in [0.717, 1.165) is 23.1 Å². The van der Waals surface area contributed by atoms with Crippen LogP contribution in [0.2, 0.25) is 0 Å². The molecule has 0 fully saturated rings. The van der Waals surface area contributed by atoms with E-state index >= 15 is 0 Å². The van der Waals surface area contributed by atoms with Gasteiger partial charge in [-0.15, -0.1) is 0 Å². The zero-order chi connectivity index (χ0) is 13.7. The van der Waals surface area contributed by atoms with Crippen LogP contribution in [0.25, 0.3) is 0 Å². The maximum atomic E-state index is 4.44. The highest BCUT2D eigenvalue weighted by molar-refractivity contribution is 14.1. The Morgan fingerprint density at radius 3 is 2.89 bits per heavy atom. The van der Waals surface area contributed by atoms with Gasteiger partial charge in [0.15, 0.2) is 0 Å². The monoisotopic (exact) mass is 431 g/mol. The fourth-order valence-corrected chi connectivity index (χ4v) is 2.88. The first-order valence-corrected chi connectivity index (χ1v) is 8.03. The third-order valence-electron chi connectivity index (χ3n) is 2.75. The number of nitrogens with zero attached hydrogens (tertiary/aromatic N) is 2. The Balaban J connectivity index is 2.40. The highest BCUT2D eigenvalue weighted by Crippen LogP contribution is 2.27. The van der Waals surface area contributed by atoms with Crippen LogP contribution in [0.15, 0.2) is 41.3 Å². The molecule has 0 aliphatic rings. The molecular formula is C14H15BrIN3. The Labute approximate surface area is 135 Å². The van der Waals surface area contributed by atoms with Gasteiger partial charge in [-0.3, -0.25) is 9.97 Å². The second-order valence-corrected chi connectivity index (χ2v) is 6.26. The van der Waals surface area contributed by atoms with Crippen molar-refractivity contribution in [2.24, 2.45) is 0 Å². The van der Waals surface area contributed by atoms with Crippen LogP contribution in [0, 0.1) is 3.57 Å². The Bertz CT molecular complexity index is 533. The van der Waals surface area contributed by atoms with Gasteiger partial charge >= 0.3 is 0 Å². The highest BCUT2D eigenvalue weighted by Gasteiger charge is 2.17. The summed E-state index contributed by atoms with van der Waals surface area (Å²) in [5, 5.41) is 3.54. The first-order valence-electron chi connectivity index (χ1n) is 6.16. The number of rotatable bonds is 5. The molecule has 2 rings (SSSR count). The summed E-state index contributed by atoms with van der Waals surface area (Å²) in [5.74, 6) is 0. The van der Waals surface area contributed by atoms with Crippen molar-refractivity contribution in [3.05, 3.63) is 56.1 Å². The summed E-state index contributed by atoms with van der Waals surface area (Å²) >= 11 is 5.90. The zero-order valence-electron chi connectivity index (χ0n) is 10.6. The van der Waals surface area contributed by atoms with Crippen LogP contribution in [-0.4, -0.2) is 16.5 Å². The summed E-state index contributed by atoms with van der Waals surface area (Å²) in [5.41, 5.74) is 2.18. The summed E-state index contributed by atoms with van der Waals surface area (Å²) in [7, 11) is 0. The largest absolute Gasteiger partial charge is 0.305 e. The summed E-state index contributed by atoms with van der Waals surface area (Å²) in [4.78, 5) is 8.61. The highest BCUT2D eigenvalue weighted by atomic mass is 127. The van der Waals surface area contributed by atoms with Crippen LogP contribution in [-0.2, 0) is 0 Å². The van der Waals surface area contributed by atoms with Gasteiger partial charge in [0.1, 0.15) is 0 Å². The molecule has 1 atom stereocenters. The maximum absolute atomic E-state index is 4.44. The molecule has 0 saturated carbocycles. The van der Waals surface area contributed by atoms with E-state index in [9.17, 15) is 0 Å². The molecule has 100 valence electrons. The van der Waals surface area contributed by atoms with Gasteiger partial charge < -0.3 is 5.32 Å². The van der Waals surface area contributed by atoms with Gasteiger partial charge in [-0.1, -0.05) is 22.9 Å². The predicted molar refractivity (Wildman–Crippen MR) is 89.0 cm³/mol. The molecule has 3 nitrogen and oxygen atoms in total. The van der Waals surface area contributed by atoms with Gasteiger partial charge in [-0.25, -0.2) is 0 Å². The van der Waals surface area contributed by atoms with Crippen LogP contribution in [0.3, 0.4) is 0 Å². The van der Waals surface area contributed by atoms with Crippen LogP contribution in [0.4, 0.5) is 0 Å². The molecule has 0 aliphatic carbocycles. The molecule has 1 aromatic carbocycles. The van der Waals surface area contributed by atoms with E-state index in [0.29, 0.717) is 0 Å². The van der Waals surface area contributed by atoms with E-state index in [4.69, 9.17) is 0 Å². The average Bonchev–Trinajstić information content (AvgIpc) is 2.44. The van der Waals surface area contributed by atoms with E-state index in [1.165, 1.54) is 9.13 Å². The van der Waals surface area contributed by atoms with Crippen molar-refractivity contribution in [2.75, 3.05) is 6.54 Å². The Kier molecular flexibility index (Phi) is 5.72. The molecule has 0 radical (unpaired) electrons. The molecule has 1 heterocycles. The maximum Gasteiger partial charge on any atom is 0.0801 e. The fourth-order valence-electron chi connectivity index (χ4n) is 1.86. The molecule has 0 bridgehead atoms. The minimum absolute atomic E-state index is 0.0815. The molecule has 0 aliphatic heterocycles. The summed E-state index contributed by atoms with van der Waals surface area (Å²) in [6.45, 7) is 3.11. The van der Waals surface area contributed by atoms with Crippen molar-refractivity contribution in [3.8, 4) is 0 Å². The van der Waals surface area contributed by atoms with Crippen LogP contribution < -0.4 is 5.32 Å². The van der Waals surface area contributed by atoms with Crippen molar-refractivity contribution < 1.29 is 0 Å². The average molecular weight is 432 g/mol. The van der Waals surface area contributed by atoms with Crippen molar-refractivity contribution in [2.45, 2.75) is 19.4 Å². The quantitative estimate of drug-likeness (QED) is 0.728. The van der Waals surface area contributed by atoms with Crippen LogP contribution >= 0.6 is 38.5 Å². The van der Waals surface area contributed by atoms with Crippen molar-refractivity contribution in [1.29, 1.82) is 0 Å². The number of hydrogen-bond donors (Lipinski definition) is 1. The fraction of sp³-hybridized carbons (Fsp3) is 0.286. The molecule has 0 amide bonds. The topological polar surface area (TPSA) is 37.8 Å². The third kappa shape index (κ3) is 3.97. The molecule has 1 N–H and O–H groups in total. The minimum atomic E-state index is 0.0815. The Hall–Kier alpha value is -0.530. The molecule has 0 spiro atoms. The normalized spacial score (nSPS) is 12.4. The molecule has 1 unspecified atom stereocenters. The van der Waals surface area contributed by atoms with E-state index in [1.807, 2.05) is 6.20 Å². The Morgan fingerprint density at radius 2 is 2.21 bits per heavy atom. The van der Waals surface area contributed by atoms with Crippen molar-refractivity contribution in [1.82, 2.24) is 15.3 Å². The zero-order valence-corrected chi connectivity index (χ0v) is 14.3. The Morgan fingerprint density at radius 1 is 1.37 bits per heavy atom. The number of halogens is 2. The molecule has 2 aromatic rings. The lowest BCUT2D eigenvalue weighted by Crippen LogP contribution is -2.25. The number of benzene rings is 1. The summed E-state index contributed by atoms with van der Waals surface area (Å²) in [6.07, 6.45) is 6.35. The summed E-state index contributed by atoms with van der Waals surface area (Å²) < 4.78 is 2.30. The standard InChI is InChI=1S/C14H15BrIN3/c1-2-5-19-14(13-9-17-6-7-18-13)11-8-10(15)3-4-12(11)16/h3-4,6-9,14,19H,2,5H2,1H3. The molecule has 1 aromatic heterocycles. The number of hydrogen-bond acceptors (Lipinski definition) is 3. The number of nitrogens with one attached hydrogen (secondary N) is 1. The number of aromatic nitrogens is 2. The van der Waals surface area contributed by atoms with Gasteiger partial charge in [0, 0.05) is 20.4 Å². The first-order chi connectivity index (χ1) is 9.22. The van der Waals surface area contributed by atoms with Gasteiger partial charge in [-0.2, -0.15) is 0 Å². The summed E-state index contributed by atoms with van der Waals surface area (Å²) in [6, 6.07) is 6.39. The molecule has 19 heavy (non-hydrogen) atoms. The predicted octanol–water partition coefficient (Wildman–Crippen LogP) is 3.93. The van der Waals surface area contributed by atoms with Crippen LogP contribution in [0.5, 0.6) is 0 Å². The lowest BCUT2D eigenvalue weighted by atomic mass is 10.0. The molecule has 5 heteroatoms. The second-order valence-electron chi connectivity index (χ2n) is 4.18. The third-order valence-corrected chi connectivity index (χ3v) is 4.22. The first kappa shape index (κ1) is 14.9. The van der Waals surface area contributed by atoms with E-state index < -0.39 is 0 Å². The second kappa shape index (κ2) is 7.31. The van der Waals surface area contributed by atoms with Crippen molar-refractivity contribution in [3.63, 3.8) is 0 Å². The SMILES string of the molecule is CCCNC(c1cnccn1)c1cc(Br)ccc1I.